The predicted molar refractivity (Wildman–Crippen MR) is 80.0 cm³/mol. The Labute approximate surface area is 122 Å². The lowest BCUT2D eigenvalue weighted by Crippen LogP contribution is -2.51. The van der Waals surface area contributed by atoms with Crippen LogP contribution in [0.5, 0.6) is 0 Å². The van der Waals surface area contributed by atoms with Crippen LogP contribution in [0.4, 0.5) is 0 Å². The molecule has 20 heavy (non-hydrogen) atoms. The Kier molecular flexibility index (Phi) is 5.41. The molecule has 0 amide bonds. The summed E-state index contributed by atoms with van der Waals surface area (Å²) in [5, 5.41) is 12.5. The lowest BCUT2D eigenvalue weighted by molar-refractivity contribution is -0.144. The number of aliphatic carboxylic acids is 1. The number of nitrogens with one attached hydrogen (secondary N) is 1. The average Bonchev–Trinajstić information content (AvgIpc) is 2.75. The zero-order valence-electron chi connectivity index (χ0n) is 12.9. The van der Waals surface area contributed by atoms with E-state index in [1.807, 2.05) is 6.92 Å². The molecule has 2 unspecified atom stereocenters. The molecule has 116 valence electrons. The van der Waals surface area contributed by atoms with Gasteiger partial charge < -0.3 is 15.3 Å². The van der Waals surface area contributed by atoms with Crippen molar-refractivity contribution in [2.24, 2.45) is 0 Å². The maximum absolute atomic E-state index is 11.4. The Bertz CT molecular complexity index is 337. The number of likely N-dealkylation sites (N-methyl/N-ethyl adjacent to an activating group) is 1. The maximum Gasteiger partial charge on any atom is 0.323 e. The first kappa shape index (κ1) is 15.7. The first-order valence-corrected chi connectivity index (χ1v) is 8.00. The van der Waals surface area contributed by atoms with Gasteiger partial charge in [0.25, 0.3) is 0 Å². The molecule has 2 aliphatic heterocycles. The number of hydrogen-bond donors (Lipinski definition) is 2. The number of carbonyl (C=O) groups is 1. The molecule has 0 saturated carbocycles. The average molecular weight is 283 g/mol. The molecule has 5 nitrogen and oxygen atoms in total. The van der Waals surface area contributed by atoms with Gasteiger partial charge in [0.2, 0.25) is 0 Å². The van der Waals surface area contributed by atoms with E-state index in [2.05, 4.69) is 15.1 Å². The normalized spacial score (nSPS) is 27.8. The number of nitrogens with zero attached hydrogens (tertiary/aromatic N) is 2. The Morgan fingerprint density at radius 3 is 2.80 bits per heavy atom. The number of carboxylic acid groups (broad SMARTS) is 1. The van der Waals surface area contributed by atoms with Crippen LogP contribution in [0.15, 0.2) is 0 Å². The van der Waals surface area contributed by atoms with E-state index in [4.69, 9.17) is 0 Å². The summed E-state index contributed by atoms with van der Waals surface area (Å²) in [5.74, 6) is -0.739. The van der Waals surface area contributed by atoms with E-state index in [0.29, 0.717) is 19.0 Å². The van der Waals surface area contributed by atoms with Crippen LogP contribution in [0, 0.1) is 0 Å². The van der Waals surface area contributed by atoms with Crippen molar-refractivity contribution in [2.45, 2.75) is 51.1 Å². The number of fused-ring (bicyclic) bond motifs is 1. The van der Waals surface area contributed by atoms with Gasteiger partial charge in [-0.05, 0) is 58.8 Å². The molecular weight excluding hydrogens is 254 g/mol. The van der Waals surface area contributed by atoms with Crippen LogP contribution in [0.1, 0.15) is 39.5 Å². The fourth-order valence-electron chi connectivity index (χ4n) is 3.53. The van der Waals surface area contributed by atoms with Crippen molar-refractivity contribution in [2.75, 3.05) is 39.3 Å². The highest BCUT2D eigenvalue weighted by atomic mass is 16.4. The molecular formula is C15H29N3O2. The molecule has 0 aliphatic carbocycles. The molecule has 2 fully saturated rings. The third-order valence-corrected chi connectivity index (χ3v) is 4.85. The highest BCUT2D eigenvalue weighted by Gasteiger charge is 2.34. The minimum Gasteiger partial charge on any atom is -0.480 e. The van der Waals surface area contributed by atoms with Gasteiger partial charge in [-0.2, -0.15) is 0 Å². The monoisotopic (exact) mass is 283 g/mol. The second-order valence-electron chi connectivity index (χ2n) is 6.40. The Balaban J connectivity index is 1.87. The van der Waals surface area contributed by atoms with Crippen molar-refractivity contribution >= 4 is 5.97 Å². The van der Waals surface area contributed by atoms with Crippen LogP contribution in [0.3, 0.4) is 0 Å². The van der Waals surface area contributed by atoms with Gasteiger partial charge in [-0.15, -0.1) is 0 Å². The standard InChI is InChI=1S/C15H29N3O2/c1-3-16-15(2,14(19)20)7-11-17-8-5-10-18-9-4-6-13(18)12-17/h13,16H,3-12H2,1-2H3,(H,19,20). The summed E-state index contributed by atoms with van der Waals surface area (Å²) in [4.78, 5) is 16.5. The zero-order valence-corrected chi connectivity index (χ0v) is 12.9. The van der Waals surface area contributed by atoms with E-state index in [9.17, 15) is 9.90 Å². The Hall–Kier alpha value is -0.650. The summed E-state index contributed by atoms with van der Waals surface area (Å²) >= 11 is 0. The zero-order chi connectivity index (χ0) is 14.6. The SMILES string of the molecule is CCNC(C)(CCN1CCCN2CCCC2C1)C(=O)O. The Morgan fingerprint density at radius 1 is 1.35 bits per heavy atom. The smallest absolute Gasteiger partial charge is 0.323 e. The van der Waals surface area contributed by atoms with E-state index >= 15 is 0 Å². The van der Waals surface area contributed by atoms with Gasteiger partial charge in [0.15, 0.2) is 0 Å². The van der Waals surface area contributed by atoms with Crippen LogP contribution < -0.4 is 5.32 Å². The highest BCUT2D eigenvalue weighted by Crippen LogP contribution is 2.22. The van der Waals surface area contributed by atoms with Gasteiger partial charge in [-0.25, -0.2) is 0 Å². The van der Waals surface area contributed by atoms with Gasteiger partial charge >= 0.3 is 5.97 Å². The fourth-order valence-corrected chi connectivity index (χ4v) is 3.53. The van der Waals surface area contributed by atoms with Crippen LogP contribution in [-0.4, -0.2) is 71.7 Å². The summed E-state index contributed by atoms with van der Waals surface area (Å²) in [6.07, 6.45) is 4.51. The van der Waals surface area contributed by atoms with E-state index in [-0.39, 0.29) is 0 Å². The van der Waals surface area contributed by atoms with Crippen molar-refractivity contribution in [1.82, 2.24) is 15.1 Å². The largest absolute Gasteiger partial charge is 0.480 e. The van der Waals surface area contributed by atoms with E-state index in [0.717, 1.165) is 19.6 Å². The summed E-state index contributed by atoms with van der Waals surface area (Å²) in [6.45, 7) is 10.0. The number of rotatable bonds is 6. The number of carboxylic acids is 1. The van der Waals surface area contributed by atoms with Crippen molar-refractivity contribution in [3.05, 3.63) is 0 Å². The first-order valence-electron chi connectivity index (χ1n) is 8.00. The number of hydrogen-bond acceptors (Lipinski definition) is 4. The van der Waals surface area contributed by atoms with Crippen molar-refractivity contribution < 1.29 is 9.90 Å². The third-order valence-electron chi connectivity index (χ3n) is 4.85. The van der Waals surface area contributed by atoms with Crippen molar-refractivity contribution in [3.63, 3.8) is 0 Å². The molecule has 0 radical (unpaired) electrons. The fraction of sp³-hybridized carbons (Fsp3) is 0.933. The van der Waals surface area contributed by atoms with Crippen LogP contribution in [-0.2, 0) is 4.79 Å². The molecule has 0 aromatic heterocycles. The van der Waals surface area contributed by atoms with Gasteiger partial charge in [0.05, 0.1) is 0 Å². The molecule has 0 spiro atoms. The molecule has 2 saturated heterocycles. The van der Waals surface area contributed by atoms with Crippen molar-refractivity contribution in [1.29, 1.82) is 0 Å². The minimum atomic E-state index is -0.795. The Morgan fingerprint density at radius 2 is 2.10 bits per heavy atom. The van der Waals surface area contributed by atoms with Crippen LogP contribution >= 0.6 is 0 Å². The third kappa shape index (κ3) is 3.71. The second-order valence-corrected chi connectivity index (χ2v) is 6.40. The summed E-state index contributed by atoms with van der Waals surface area (Å²) in [6, 6.07) is 0.702. The van der Waals surface area contributed by atoms with Crippen LogP contribution in [0.25, 0.3) is 0 Å². The van der Waals surface area contributed by atoms with E-state index < -0.39 is 11.5 Å². The lowest BCUT2D eigenvalue weighted by atomic mass is 9.97. The molecule has 0 bridgehead atoms. The topological polar surface area (TPSA) is 55.8 Å². The van der Waals surface area contributed by atoms with Crippen molar-refractivity contribution in [3.8, 4) is 0 Å². The van der Waals surface area contributed by atoms with Gasteiger partial charge in [0, 0.05) is 19.1 Å². The quantitative estimate of drug-likeness (QED) is 0.761. The molecule has 5 heteroatoms. The lowest BCUT2D eigenvalue weighted by Gasteiger charge is -2.30. The first-order chi connectivity index (χ1) is 9.55. The molecule has 2 N–H and O–H groups in total. The summed E-state index contributed by atoms with van der Waals surface area (Å²) < 4.78 is 0. The molecule has 0 aromatic rings. The molecule has 2 aliphatic rings. The van der Waals surface area contributed by atoms with Gasteiger partial charge in [-0.1, -0.05) is 6.92 Å². The van der Waals surface area contributed by atoms with E-state index in [1.54, 1.807) is 6.92 Å². The molecule has 2 rings (SSSR count). The summed E-state index contributed by atoms with van der Waals surface area (Å²) in [5.41, 5.74) is -0.795. The predicted octanol–water partition coefficient (Wildman–Crippen LogP) is 0.999. The second kappa shape index (κ2) is 6.87. The highest BCUT2D eigenvalue weighted by molar-refractivity contribution is 5.78. The summed E-state index contributed by atoms with van der Waals surface area (Å²) in [7, 11) is 0. The minimum absolute atomic E-state index is 0.670. The molecule has 0 aromatic carbocycles. The van der Waals surface area contributed by atoms with Gasteiger partial charge in [0.1, 0.15) is 5.54 Å². The molecule has 2 atom stereocenters. The van der Waals surface area contributed by atoms with Crippen LogP contribution in [0.2, 0.25) is 0 Å². The van der Waals surface area contributed by atoms with E-state index in [1.165, 1.54) is 32.4 Å². The maximum atomic E-state index is 11.4. The molecule has 2 heterocycles. The van der Waals surface area contributed by atoms with Gasteiger partial charge in [-0.3, -0.25) is 9.69 Å².